The van der Waals surface area contributed by atoms with Crippen LogP contribution in [0.5, 0.6) is 0 Å². The molecule has 8 nitrogen and oxygen atoms in total. The third kappa shape index (κ3) is 7.00. The van der Waals surface area contributed by atoms with Crippen molar-refractivity contribution in [2.45, 2.75) is 85.0 Å². The second kappa shape index (κ2) is 11.4. The van der Waals surface area contributed by atoms with Gasteiger partial charge in [-0.1, -0.05) is 44.5 Å². The highest BCUT2D eigenvalue weighted by Gasteiger charge is 2.50. The molecular formula is C29H44ClN3O5. The predicted molar refractivity (Wildman–Crippen MR) is 148 cm³/mol. The number of rotatable bonds is 6. The van der Waals surface area contributed by atoms with Crippen molar-refractivity contribution in [2.75, 3.05) is 26.2 Å². The largest absolute Gasteiger partial charge is 0.444 e. The first-order valence-electron chi connectivity index (χ1n) is 13.6. The normalized spacial score (nSPS) is 25.0. The zero-order valence-electron chi connectivity index (χ0n) is 23.8. The number of nitrogens with zero attached hydrogens (tertiary/aromatic N) is 2. The Kier molecular flexibility index (Phi) is 9.09. The zero-order valence-corrected chi connectivity index (χ0v) is 24.6. The van der Waals surface area contributed by atoms with Gasteiger partial charge >= 0.3 is 6.09 Å². The van der Waals surface area contributed by atoms with E-state index in [2.05, 4.69) is 5.32 Å². The Hall–Kier alpha value is -2.32. The quantitative estimate of drug-likeness (QED) is 0.541. The lowest BCUT2D eigenvalue weighted by atomic mass is 9.66. The van der Waals surface area contributed by atoms with Crippen LogP contribution in [-0.2, 0) is 19.9 Å². The molecule has 4 atom stereocenters. The number of ether oxygens (including phenoxy) is 1. The molecule has 2 fully saturated rings. The molecule has 9 heteroatoms. The van der Waals surface area contributed by atoms with Crippen molar-refractivity contribution in [2.24, 2.45) is 17.3 Å². The van der Waals surface area contributed by atoms with E-state index in [1.54, 1.807) is 21.9 Å². The number of piperidine rings is 1. The van der Waals surface area contributed by atoms with Crippen LogP contribution in [0.15, 0.2) is 24.3 Å². The fourth-order valence-electron chi connectivity index (χ4n) is 5.46. The van der Waals surface area contributed by atoms with Crippen LogP contribution < -0.4 is 5.32 Å². The van der Waals surface area contributed by atoms with Crippen molar-refractivity contribution in [3.63, 3.8) is 0 Å². The molecule has 0 spiro atoms. The summed E-state index contributed by atoms with van der Waals surface area (Å²) in [5, 5.41) is 15.2. The van der Waals surface area contributed by atoms with Crippen molar-refractivity contribution in [3.05, 3.63) is 34.9 Å². The molecule has 0 saturated carbocycles. The molecule has 1 aromatic carbocycles. The number of nitrogens with one attached hydrogen (secondary N) is 1. The van der Waals surface area contributed by atoms with Gasteiger partial charge in [-0.3, -0.25) is 9.59 Å². The molecule has 3 rings (SSSR count). The minimum absolute atomic E-state index is 0.0407. The van der Waals surface area contributed by atoms with E-state index in [1.165, 1.54) is 0 Å². The first kappa shape index (κ1) is 30.2. The smallest absolute Gasteiger partial charge is 0.410 e. The molecular weight excluding hydrogens is 506 g/mol. The van der Waals surface area contributed by atoms with Crippen LogP contribution in [0, 0.1) is 17.3 Å². The molecule has 0 bridgehead atoms. The number of carbonyl (C=O) groups excluding carboxylic acids is 3. The monoisotopic (exact) mass is 549 g/mol. The Morgan fingerprint density at radius 2 is 1.76 bits per heavy atom. The fraction of sp³-hybridized carbons (Fsp3) is 0.690. The average Bonchev–Trinajstić information content (AvgIpc) is 3.27. The average molecular weight is 550 g/mol. The van der Waals surface area contributed by atoms with Crippen LogP contribution in [0.4, 0.5) is 4.79 Å². The van der Waals surface area contributed by atoms with E-state index in [0.717, 1.165) is 12.0 Å². The lowest BCUT2D eigenvalue weighted by Gasteiger charge is -2.51. The molecule has 2 aliphatic rings. The summed E-state index contributed by atoms with van der Waals surface area (Å²) in [6.07, 6.45) is 1.11. The van der Waals surface area contributed by atoms with Gasteiger partial charge in [0.15, 0.2) is 0 Å². The third-order valence-corrected chi connectivity index (χ3v) is 8.27. The number of amides is 3. The van der Waals surface area contributed by atoms with E-state index in [0.29, 0.717) is 44.0 Å². The predicted octanol–water partition coefficient (Wildman–Crippen LogP) is 4.57. The molecule has 0 radical (unpaired) electrons. The van der Waals surface area contributed by atoms with Gasteiger partial charge in [0.25, 0.3) is 0 Å². The van der Waals surface area contributed by atoms with Crippen LogP contribution in [0.1, 0.15) is 73.3 Å². The molecule has 3 amide bonds. The maximum absolute atomic E-state index is 13.4. The molecule has 1 aromatic rings. The van der Waals surface area contributed by atoms with Crippen LogP contribution in [0.25, 0.3) is 0 Å². The highest BCUT2D eigenvalue weighted by atomic mass is 35.5. The highest BCUT2D eigenvalue weighted by Crippen LogP contribution is 2.46. The number of carbonyl (C=O) groups is 3. The molecule has 2 saturated heterocycles. The summed E-state index contributed by atoms with van der Waals surface area (Å²) in [7, 11) is 0. The maximum atomic E-state index is 13.4. The fourth-order valence-corrected chi connectivity index (χ4v) is 5.59. The van der Waals surface area contributed by atoms with E-state index < -0.39 is 22.5 Å². The maximum Gasteiger partial charge on any atom is 0.410 e. The minimum atomic E-state index is -1.08. The topological polar surface area (TPSA) is 99.2 Å². The number of hydrogen-bond donors (Lipinski definition) is 2. The van der Waals surface area contributed by atoms with Crippen LogP contribution in [-0.4, -0.2) is 70.6 Å². The molecule has 2 heterocycles. The van der Waals surface area contributed by atoms with Crippen LogP contribution in [0.2, 0.25) is 5.02 Å². The Balaban J connectivity index is 1.52. The van der Waals surface area contributed by atoms with Gasteiger partial charge in [-0.15, -0.1) is 0 Å². The summed E-state index contributed by atoms with van der Waals surface area (Å²) >= 11 is 6.03. The first-order valence-corrected chi connectivity index (χ1v) is 13.9. The van der Waals surface area contributed by atoms with Gasteiger partial charge in [-0.25, -0.2) is 4.79 Å². The summed E-state index contributed by atoms with van der Waals surface area (Å²) in [5.41, 5.74) is -1.41. The second-order valence-corrected chi connectivity index (χ2v) is 13.1. The van der Waals surface area contributed by atoms with Gasteiger partial charge in [0, 0.05) is 49.1 Å². The molecule has 2 aliphatic heterocycles. The summed E-state index contributed by atoms with van der Waals surface area (Å²) < 4.78 is 5.44. The molecule has 38 heavy (non-hydrogen) atoms. The lowest BCUT2D eigenvalue weighted by Crippen LogP contribution is -2.58. The number of aliphatic hydroxyl groups is 1. The number of likely N-dealkylation sites (tertiary alicyclic amines) is 2. The Bertz CT molecular complexity index is 1020. The van der Waals surface area contributed by atoms with E-state index in [4.69, 9.17) is 16.3 Å². The molecule has 0 aromatic heterocycles. The van der Waals surface area contributed by atoms with Crippen LogP contribution >= 0.6 is 11.6 Å². The van der Waals surface area contributed by atoms with Gasteiger partial charge in [0.05, 0.1) is 11.5 Å². The zero-order chi connectivity index (χ0) is 28.5. The van der Waals surface area contributed by atoms with Crippen molar-refractivity contribution >= 4 is 29.5 Å². The van der Waals surface area contributed by atoms with E-state index >= 15 is 0 Å². The first-order chi connectivity index (χ1) is 17.5. The summed E-state index contributed by atoms with van der Waals surface area (Å²) in [4.78, 5) is 41.9. The van der Waals surface area contributed by atoms with Gasteiger partial charge in [-0.05, 0) is 64.2 Å². The Morgan fingerprint density at radius 3 is 2.34 bits per heavy atom. The van der Waals surface area contributed by atoms with Gasteiger partial charge in [-0.2, -0.15) is 0 Å². The summed E-state index contributed by atoms with van der Waals surface area (Å²) in [6.45, 7) is 15.0. The molecule has 0 aliphatic carbocycles. The lowest BCUT2D eigenvalue weighted by molar-refractivity contribution is -0.156. The Morgan fingerprint density at radius 1 is 1.13 bits per heavy atom. The number of benzene rings is 1. The molecule has 212 valence electrons. The van der Waals surface area contributed by atoms with Gasteiger partial charge in [0.2, 0.25) is 11.8 Å². The van der Waals surface area contributed by atoms with E-state index in [-0.39, 0.29) is 29.9 Å². The molecule has 2 unspecified atom stereocenters. The highest BCUT2D eigenvalue weighted by molar-refractivity contribution is 6.30. The van der Waals surface area contributed by atoms with Gasteiger partial charge < -0.3 is 25.0 Å². The van der Waals surface area contributed by atoms with Crippen molar-refractivity contribution in [3.8, 4) is 0 Å². The second-order valence-electron chi connectivity index (χ2n) is 12.7. The number of hydrogen-bond acceptors (Lipinski definition) is 5. The Labute approximate surface area is 232 Å². The molecule has 2 N–H and O–H groups in total. The van der Waals surface area contributed by atoms with Crippen molar-refractivity contribution in [1.29, 1.82) is 0 Å². The minimum Gasteiger partial charge on any atom is -0.444 e. The standard InChI is InChI=1S/C29H44ClN3O5/c1-19(20(2)31-24(34)16-21-12-14-32(17-21)26(36)38-27(3,4)5)25(35)33-15-13-29(37,28(6,7)18-33)22-8-10-23(30)11-9-22/h8-11,19-21,37H,12-18H2,1-7H3,(H,31,34)/t19-,20?,21?,29+/m1/s1. The SMILES string of the molecule is CC(NC(=O)CC1CCN(C(=O)OC(C)(C)C)C1)[C@@H](C)C(=O)N1CC[C@](O)(c2ccc(Cl)cc2)C(C)(C)C1. The van der Waals surface area contributed by atoms with E-state index in [9.17, 15) is 19.5 Å². The van der Waals surface area contributed by atoms with Crippen LogP contribution in [0.3, 0.4) is 0 Å². The third-order valence-electron chi connectivity index (χ3n) is 8.02. The van der Waals surface area contributed by atoms with Crippen molar-refractivity contribution < 1.29 is 24.2 Å². The van der Waals surface area contributed by atoms with E-state index in [1.807, 2.05) is 60.6 Å². The summed E-state index contributed by atoms with van der Waals surface area (Å²) in [6, 6.07) is 6.89. The van der Waals surface area contributed by atoms with Crippen molar-refractivity contribution in [1.82, 2.24) is 15.1 Å². The number of halogens is 1. The van der Waals surface area contributed by atoms with Gasteiger partial charge in [0.1, 0.15) is 5.60 Å². The summed E-state index contributed by atoms with van der Waals surface area (Å²) in [5.74, 6) is -0.516.